The Morgan fingerprint density at radius 1 is 1.59 bits per heavy atom. The van der Waals surface area contributed by atoms with Gasteiger partial charge in [-0.2, -0.15) is 0 Å². The predicted molar refractivity (Wildman–Crippen MR) is 69.6 cm³/mol. The normalized spacial score (nSPS) is 23.5. The van der Waals surface area contributed by atoms with Gasteiger partial charge in [0.15, 0.2) is 0 Å². The molecular formula is C14H25NO2. The minimum Gasteiger partial charge on any atom is -0.394 e. The van der Waals surface area contributed by atoms with Crippen molar-refractivity contribution >= 4 is 5.91 Å². The molecule has 3 nitrogen and oxygen atoms in total. The monoisotopic (exact) mass is 239 g/mol. The van der Waals surface area contributed by atoms with E-state index in [1.165, 1.54) is 0 Å². The third kappa shape index (κ3) is 3.84. The van der Waals surface area contributed by atoms with Crippen molar-refractivity contribution in [2.75, 3.05) is 13.2 Å². The van der Waals surface area contributed by atoms with Crippen LogP contribution in [0.1, 0.15) is 39.5 Å². The standard InChI is InChI=1S/C14H25NO2/c1-4-6-11(2)9-12(3)14(17)15-8-5-7-13(15)10-16/h4,11-13,16H,1,5-10H2,2-3H3/t11-,12-,13+/m1/s1. The number of hydrogen-bond donors (Lipinski definition) is 1. The first-order valence-corrected chi connectivity index (χ1v) is 6.62. The molecule has 3 atom stereocenters. The van der Waals surface area contributed by atoms with Gasteiger partial charge in [0.1, 0.15) is 0 Å². The zero-order valence-corrected chi connectivity index (χ0v) is 11.1. The van der Waals surface area contributed by atoms with Gasteiger partial charge in [0, 0.05) is 12.5 Å². The first-order chi connectivity index (χ1) is 8.10. The fourth-order valence-corrected chi connectivity index (χ4v) is 2.68. The molecule has 0 saturated carbocycles. The average Bonchev–Trinajstić information content (AvgIpc) is 2.76. The molecule has 1 aliphatic heterocycles. The number of rotatable bonds is 6. The number of likely N-dealkylation sites (tertiary alicyclic amines) is 1. The molecule has 0 spiro atoms. The summed E-state index contributed by atoms with van der Waals surface area (Å²) in [5.41, 5.74) is 0. The van der Waals surface area contributed by atoms with E-state index in [4.69, 9.17) is 0 Å². The van der Waals surface area contributed by atoms with Crippen molar-refractivity contribution in [2.24, 2.45) is 11.8 Å². The molecule has 1 saturated heterocycles. The van der Waals surface area contributed by atoms with Crippen molar-refractivity contribution in [1.82, 2.24) is 4.90 Å². The smallest absolute Gasteiger partial charge is 0.225 e. The van der Waals surface area contributed by atoms with Gasteiger partial charge in [-0.15, -0.1) is 6.58 Å². The first-order valence-electron chi connectivity index (χ1n) is 6.62. The van der Waals surface area contributed by atoms with E-state index in [1.807, 2.05) is 17.9 Å². The Kier molecular flexibility index (Phi) is 5.69. The van der Waals surface area contributed by atoms with E-state index in [0.29, 0.717) is 5.92 Å². The number of carbonyl (C=O) groups excluding carboxylic acids is 1. The van der Waals surface area contributed by atoms with Crippen LogP contribution in [0.15, 0.2) is 12.7 Å². The zero-order valence-electron chi connectivity index (χ0n) is 11.1. The molecule has 1 amide bonds. The van der Waals surface area contributed by atoms with Gasteiger partial charge in [-0.25, -0.2) is 0 Å². The van der Waals surface area contributed by atoms with Crippen molar-refractivity contribution in [3.8, 4) is 0 Å². The summed E-state index contributed by atoms with van der Waals surface area (Å²) in [5.74, 6) is 0.760. The van der Waals surface area contributed by atoms with Gasteiger partial charge in [0.05, 0.1) is 12.6 Å². The third-order valence-corrected chi connectivity index (χ3v) is 3.62. The Balaban J connectivity index is 2.48. The minimum absolute atomic E-state index is 0.0529. The maximum atomic E-state index is 12.2. The molecule has 0 aromatic rings. The maximum absolute atomic E-state index is 12.2. The lowest BCUT2D eigenvalue weighted by Crippen LogP contribution is -2.41. The number of amides is 1. The zero-order chi connectivity index (χ0) is 12.8. The van der Waals surface area contributed by atoms with Gasteiger partial charge < -0.3 is 10.0 Å². The highest BCUT2D eigenvalue weighted by molar-refractivity contribution is 5.79. The van der Waals surface area contributed by atoms with E-state index in [2.05, 4.69) is 13.5 Å². The van der Waals surface area contributed by atoms with Crippen LogP contribution in [0.3, 0.4) is 0 Å². The van der Waals surface area contributed by atoms with Crippen molar-refractivity contribution in [3.05, 3.63) is 12.7 Å². The number of nitrogens with zero attached hydrogens (tertiary/aromatic N) is 1. The molecular weight excluding hydrogens is 214 g/mol. The highest BCUT2D eigenvalue weighted by atomic mass is 16.3. The van der Waals surface area contributed by atoms with Crippen LogP contribution in [0, 0.1) is 11.8 Å². The van der Waals surface area contributed by atoms with Gasteiger partial charge >= 0.3 is 0 Å². The van der Waals surface area contributed by atoms with Crippen LogP contribution in [-0.4, -0.2) is 35.1 Å². The lowest BCUT2D eigenvalue weighted by atomic mass is 9.93. The van der Waals surface area contributed by atoms with E-state index in [9.17, 15) is 9.90 Å². The summed E-state index contributed by atoms with van der Waals surface area (Å²) in [6, 6.07) is 0.0552. The highest BCUT2D eigenvalue weighted by Gasteiger charge is 2.31. The molecule has 1 N–H and O–H groups in total. The van der Waals surface area contributed by atoms with Crippen molar-refractivity contribution < 1.29 is 9.90 Å². The average molecular weight is 239 g/mol. The number of carbonyl (C=O) groups is 1. The summed E-state index contributed by atoms with van der Waals surface area (Å²) in [5, 5.41) is 9.23. The van der Waals surface area contributed by atoms with E-state index >= 15 is 0 Å². The molecule has 1 aliphatic rings. The molecule has 3 heteroatoms. The summed E-state index contributed by atoms with van der Waals surface area (Å²) in [7, 11) is 0. The van der Waals surface area contributed by atoms with E-state index in [0.717, 1.165) is 32.2 Å². The van der Waals surface area contributed by atoms with Crippen LogP contribution in [0.5, 0.6) is 0 Å². The molecule has 0 bridgehead atoms. The summed E-state index contributed by atoms with van der Waals surface area (Å²) in [4.78, 5) is 14.1. The topological polar surface area (TPSA) is 40.5 Å². The second-order valence-electron chi connectivity index (χ2n) is 5.28. The van der Waals surface area contributed by atoms with Crippen molar-refractivity contribution in [2.45, 2.75) is 45.6 Å². The first kappa shape index (κ1) is 14.2. The molecule has 0 radical (unpaired) electrons. The molecule has 0 unspecified atom stereocenters. The lowest BCUT2D eigenvalue weighted by Gasteiger charge is -2.27. The Labute approximate surface area is 105 Å². The molecule has 1 fully saturated rings. The number of aliphatic hydroxyl groups excluding tert-OH is 1. The minimum atomic E-state index is 0.0529. The lowest BCUT2D eigenvalue weighted by molar-refractivity contribution is -0.137. The number of allylic oxidation sites excluding steroid dienone is 1. The second kappa shape index (κ2) is 6.80. The van der Waals surface area contributed by atoms with Gasteiger partial charge in [-0.3, -0.25) is 4.79 Å². The van der Waals surface area contributed by atoms with Gasteiger partial charge in [0.2, 0.25) is 5.91 Å². The summed E-state index contributed by atoms with van der Waals surface area (Å²) in [6.07, 6.45) is 5.73. The van der Waals surface area contributed by atoms with Crippen LogP contribution in [-0.2, 0) is 4.79 Å². The van der Waals surface area contributed by atoms with Crippen molar-refractivity contribution in [3.63, 3.8) is 0 Å². The third-order valence-electron chi connectivity index (χ3n) is 3.62. The molecule has 0 aromatic carbocycles. The van der Waals surface area contributed by atoms with Crippen LogP contribution in [0.2, 0.25) is 0 Å². The van der Waals surface area contributed by atoms with E-state index < -0.39 is 0 Å². The van der Waals surface area contributed by atoms with Crippen LogP contribution >= 0.6 is 0 Å². The Hall–Kier alpha value is -0.830. The van der Waals surface area contributed by atoms with Gasteiger partial charge in [-0.05, 0) is 31.6 Å². The van der Waals surface area contributed by atoms with Crippen LogP contribution in [0.4, 0.5) is 0 Å². The fourth-order valence-electron chi connectivity index (χ4n) is 2.68. The van der Waals surface area contributed by atoms with E-state index in [1.54, 1.807) is 0 Å². The molecule has 1 heterocycles. The number of hydrogen-bond acceptors (Lipinski definition) is 2. The quantitative estimate of drug-likeness (QED) is 0.722. The Morgan fingerprint density at radius 3 is 2.88 bits per heavy atom. The molecule has 0 aliphatic carbocycles. The number of aliphatic hydroxyl groups is 1. The van der Waals surface area contributed by atoms with Gasteiger partial charge in [-0.1, -0.05) is 19.9 Å². The van der Waals surface area contributed by atoms with Gasteiger partial charge in [0.25, 0.3) is 0 Å². The van der Waals surface area contributed by atoms with Crippen LogP contribution in [0.25, 0.3) is 0 Å². The Morgan fingerprint density at radius 2 is 2.29 bits per heavy atom. The van der Waals surface area contributed by atoms with E-state index in [-0.39, 0.29) is 24.5 Å². The van der Waals surface area contributed by atoms with Crippen LogP contribution < -0.4 is 0 Å². The molecule has 98 valence electrons. The molecule has 17 heavy (non-hydrogen) atoms. The molecule has 0 aromatic heterocycles. The molecule has 1 rings (SSSR count). The fraction of sp³-hybridized carbons (Fsp3) is 0.786. The second-order valence-corrected chi connectivity index (χ2v) is 5.28. The van der Waals surface area contributed by atoms with Crippen molar-refractivity contribution in [1.29, 1.82) is 0 Å². The predicted octanol–water partition coefficient (Wildman–Crippen LogP) is 2.21. The largest absolute Gasteiger partial charge is 0.394 e. The summed E-state index contributed by atoms with van der Waals surface area (Å²) < 4.78 is 0. The highest BCUT2D eigenvalue weighted by Crippen LogP contribution is 2.23. The SMILES string of the molecule is C=CC[C@@H](C)C[C@@H](C)C(=O)N1CCC[C@H]1CO. The Bertz CT molecular complexity index is 265. The maximum Gasteiger partial charge on any atom is 0.225 e. The summed E-state index contributed by atoms with van der Waals surface area (Å²) in [6.45, 7) is 8.78. The summed E-state index contributed by atoms with van der Waals surface area (Å²) >= 11 is 0.